The molecular weight excluding hydrogens is 224 g/mol. The van der Waals surface area contributed by atoms with Crippen LogP contribution in [0.15, 0.2) is 0 Å². The molecule has 107 valence electrons. The molecule has 2 nitrogen and oxygen atoms in total. The van der Waals surface area contributed by atoms with E-state index in [4.69, 9.17) is 9.47 Å². The van der Waals surface area contributed by atoms with Gasteiger partial charge in [0.2, 0.25) is 0 Å². The molecule has 1 saturated heterocycles. The SMILES string of the molecule is [CH2]C1COC(CCCCCCCCCCCC)O1. The first kappa shape index (κ1) is 16.0. The zero-order chi connectivity index (χ0) is 13.1. The monoisotopic (exact) mass is 255 g/mol. The van der Waals surface area contributed by atoms with E-state index in [1.54, 1.807) is 0 Å². The Balaban J connectivity index is 1.73. The second-order valence-electron chi connectivity index (χ2n) is 5.49. The van der Waals surface area contributed by atoms with Crippen molar-refractivity contribution in [3.05, 3.63) is 6.92 Å². The minimum atomic E-state index is 0.0292. The van der Waals surface area contributed by atoms with Gasteiger partial charge in [-0.25, -0.2) is 0 Å². The van der Waals surface area contributed by atoms with Crippen LogP contribution < -0.4 is 0 Å². The van der Waals surface area contributed by atoms with Crippen molar-refractivity contribution in [1.82, 2.24) is 0 Å². The second kappa shape index (κ2) is 10.8. The maximum Gasteiger partial charge on any atom is 0.158 e. The molecule has 0 aromatic rings. The van der Waals surface area contributed by atoms with Crippen molar-refractivity contribution < 1.29 is 9.47 Å². The van der Waals surface area contributed by atoms with Crippen molar-refractivity contribution >= 4 is 0 Å². The summed E-state index contributed by atoms with van der Waals surface area (Å²) in [5.41, 5.74) is 0. The van der Waals surface area contributed by atoms with E-state index in [-0.39, 0.29) is 12.4 Å². The van der Waals surface area contributed by atoms with Crippen molar-refractivity contribution in [3.8, 4) is 0 Å². The van der Waals surface area contributed by atoms with E-state index in [1.165, 1.54) is 64.2 Å². The van der Waals surface area contributed by atoms with Crippen LogP contribution in [0.2, 0.25) is 0 Å². The largest absolute Gasteiger partial charge is 0.350 e. The number of hydrogen-bond donors (Lipinski definition) is 0. The zero-order valence-corrected chi connectivity index (χ0v) is 12.2. The van der Waals surface area contributed by atoms with Crippen LogP contribution in [0.1, 0.15) is 77.6 Å². The Hall–Kier alpha value is -0.0800. The Kier molecular flexibility index (Phi) is 9.59. The smallest absolute Gasteiger partial charge is 0.158 e. The summed E-state index contributed by atoms with van der Waals surface area (Å²) in [7, 11) is 0. The normalized spacial score (nSPS) is 23.7. The molecule has 0 aliphatic carbocycles. The summed E-state index contributed by atoms with van der Waals surface area (Å²) in [6.07, 6.45) is 14.9. The highest BCUT2D eigenvalue weighted by Crippen LogP contribution is 2.17. The maximum absolute atomic E-state index is 5.51. The van der Waals surface area contributed by atoms with E-state index in [2.05, 4.69) is 13.8 Å². The van der Waals surface area contributed by atoms with E-state index in [1.807, 2.05) is 0 Å². The molecule has 0 spiro atoms. The Morgan fingerprint density at radius 1 is 0.889 bits per heavy atom. The fourth-order valence-corrected chi connectivity index (χ4v) is 2.46. The molecule has 2 unspecified atom stereocenters. The fourth-order valence-electron chi connectivity index (χ4n) is 2.46. The molecule has 1 radical (unpaired) electrons. The molecule has 1 rings (SSSR count). The lowest BCUT2D eigenvalue weighted by Gasteiger charge is -2.09. The third kappa shape index (κ3) is 8.10. The highest BCUT2D eigenvalue weighted by Gasteiger charge is 2.21. The number of hydrogen-bond acceptors (Lipinski definition) is 2. The van der Waals surface area contributed by atoms with Gasteiger partial charge in [0.25, 0.3) is 0 Å². The Bertz CT molecular complexity index is 182. The minimum absolute atomic E-state index is 0.0292. The third-order valence-electron chi connectivity index (χ3n) is 3.61. The summed E-state index contributed by atoms with van der Waals surface area (Å²) in [6.45, 7) is 6.78. The summed E-state index contributed by atoms with van der Waals surface area (Å²) >= 11 is 0. The molecule has 18 heavy (non-hydrogen) atoms. The minimum Gasteiger partial charge on any atom is -0.350 e. The van der Waals surface area contributed by atoms with Gasteiger partial charge < -0.3 is 9.47 Å². The van der Waals surface area contributed by atoms with Crippen molar-refractivity contribution in [1.29, 1.82) is 0 Å². The van der Waals surface area contributed by atoms with Gasteiger partial charge >= 0.3 is 0 Å². The Morgan fingerprint density at radius 2 is 1.44 bits per heavy atom. The van der Waals surface area contributed by atoms with Crippen LogP contribution in [0.4, 0.5) is 0 Å². The Morgan fingerprint density at radius 3 is 1.94 bits per heavy atom. The first-order chi connectivity index (χ1) is 8.83. The predicted octanol–water partition coefficient (Wildman–Crippen LogP) is 4.87. The molecule has 1 fully saturated rings. The quantitative estimate of drug-likeness (QED) is 0.490. The van der Waals surface area contributed by atoms with Crippen LogP contribution in [0.25, 0.3) is 0 Å². The lowest BCUT2D eigenvalue weighted by atomic mass is 10.1. The van der Waals surface area contributed by atoms with Crippen molar-refractivity contribution in [2.75, 3.05) is 6.61 Å². The van der Waals surface area contributed by atoms with Gasteiger partial charge in [-0.2, -0.15) is 0 Å². The summed E-state index contributed by atoms with van der Waals surface area (Å²) in [5, 5.41) is 0. The fraction of sp³-hybridized carbons (Fsp3) is 0.938. The van der Waals surface area contributed by atoms with Crippen molar-refractivity contribution in [2.24, 2.45) is 0 Å². The van der Waals surface area contributed by atoms with Gasteiger partial charge in [0, 0.05) is 0 Å². The van der Waals surface area contributed by atoms with E-state index >= 15 is 0 Å². The molecule has 0 N–H and O–H groups in total. The van der Waals surface area contributed by atoms with E-state index in [0.717, 1.165) is 6.42 Å². The molecule has 1 heterocycles. The summed E-state index contributed by atoms with van der Waals surface area (Å²) in [5.74, 6) is 0. The van der Waals surface area contributed by atoms with Crippen LogP contribution in [0.5, 0.6) is 0 Å². The van der Waals surface area contributed by atoms with Gasteiger partial charge in [-0.15, -0.1) is 0 Å². The van der Waals surface area contributed by atoms with Crippen LogP contribution in [0, 0.1) is 6.92 Å². The maximum atomic E-state index is 5.51. The van der Waals surface area contributed by atoms with Gasteiger partial charge in [-0.1, -0.05) is 64.7 Å². The van der Waals surface area contributed by atoms with E-state index in [9.17, 15) is 0 Å². The van der Waals surface area contributed by atoms with E-state index < -0.39 is 0 Å². The molecule has 2 heteroatoms. The molecule has 0 aromatic carbocycles. The first-order valence-electron chi connectivity index (χ1n) is 7.93. The molecule has 2 atom stereocenters. The van der Waals surface area contributed by atoms with Crippen LogP contribution >= 0.6 is 0 Å². The Labute approximate surface area is 113 Å². The van der Waals surface area contributed by atoms with Crippen LogP contribution in [-0.4, -0.2) is 19.0 Å². The van der Waals surface area contributed by atoms with Crippen LogP contribution in [-0.2, 0) is 9.47 Å². The molecule has 0 amide bonds. The lowest BCUT2D eigenvalue weighted by Crippen LogP contribution is -2.09. The topological polar surface area (TPSA) is 18.5 Å². The van der Waals surface area contributed by atoms with Crippen molar-refractivity contribution in [3.63, 3.8) is 0 Å². The standard InChI is InChI=1S/C16H31O2/c1-3-4-5-6-7-8-9-10-11-12-13-16-17-14-15(2)18-16/h15-16H,2-14H2,1H3. The average Bonchev–Trinajstić information content (AvgIpc) is 2.77. The first-order valence-corrected chi connectivity index (χ1v) is 7.93. The van der Waals surface area contributed by atoms with Crippen molar-refractivity contribution in [2.45, 2.75) is 89.9 Å². The highest BCUT2D eigenvalue weighted by atomic mass is 16.7. The van der Waals surface area contributed by atoms with Gasteiger partial charge in [0.05, 0.1) is 12.7 Å². The number of unbranched alkanes of at least 4 members (excludes halogenated alkanes) is 9. The highest BCUT2D eigenvalue weighted by molar-refractivity contribution is 4.66. The molecule has 1 aliphatic heterocycles. The lowest BCUT2D eigenvalue weighted by molar-refractivity contribution is -0.0570. The predicted molar refractivity (Wildman–Crippen MR) is 76.4 cm³/mol. The third-order valence-corrected chi connectivity index (χ3v) is 3.61. The average molecular weight is 255 g/mol. The number of ether oxygens (including phenoxy) is 2. The molecule has 0 bridgehead atoms. The van der Waals surface area contributed by atoms with Gasteiger partial charge in [-0.05, 0) is 19.8 Å². The second-order valence-corrected chi connectivity index (χ2v) is 5.49. The summed E-state index contributed by atoms with van der Waals surface area (Å²) in [4.78, 5) is 0. The molecule has 0 aromatic heterocycles. The van der Waals surface area contributed by atoms with Gasteiger partial charge in [0.1, 0.15) is 0 Å². The molecular formula is C16H31O2. The number of rotatable bonds is 11. The van der Waals surface area contributed by atoms with Gasteiger partial charge in [-0.3, -0.25) is 0 Å². The summed E-state index contributed by atoms with van der Waals surface area (Å²) < 4.78 is 11.0. The zero-order valence-electron chi connectivity index (χ0n) is 12.2. The van der Waals surface area contributed by atoms with Gasteiger partial charge in [0.15, 0.2) is 6.29 Å². The summed E-state index contributed by atoms with van der Waals surface area (Å²) in [6, 6.07) is 0. The van der Waals surface area contributed by atoms with E-state index in [0.29, 0.717) is 6.61 Å². The van der Waals surface area contributed by atoms with Crippen LogP contribution in [0.3, 0.4) is 0 Å². The molecule has 0 saturated carbocycles. The molecule has 1 aliphatic rings.